The van der Waals surface area contributed by atoms with Gasteiger partial charge in [0.2, 0.25) is 5.91 Å². The number of hydrogen-bond acceptors (Lipinski definition) is 3. The lowest BCUT2D eigenvalue weighted by Crippen LogP contribution is -2.50. The summed E-state index contributed by atoms with van der Waals surface area (Å²) in [4.78, 5) is 23.5. The fraction of sp³-hybridized carbons (Fsp3) is 0.857. The lowest BCUT2D eigenvalue weighted by Gasteiger charge is -2.30. The van der Waals surface area contributed by atoms with Gasteiger partial charge in [-0.1, -0.05) is 26.7 Å². The molecule has 0 heterocycles. The van der Waals surface area contributed by atoms with Gasteiger partial charge in [0.25, 0.3) is 0 Å². The second-order valence-corrected chi connectivity index (χ2v) is 5.91. The van der Waals surface area contributed by atoms with Crippen molar-refractivity contribution in [3.8, 4) is 0 Å². The second-order valence-electron chi connectivity index (χ2n) is 5.91. The van der Waals surface area contributed by atoms with E-state index in [4.69, 9.17) is 9.84 Å². The number of carbonyl (C=O) groups is 2. The Morgan fingerprint density at radius 3 is 2.32 bits per heavy atom. The molecule has 0 spiro atoms. The molecule has 1 unspecified atom stereocenters. The third-order valence-corrected chi connectivity index (χ3v) is 3.78. The minimum absolute atomic E-state index is 0.00116. The monoisotopic (exact) mass is 271 g/mol. The van der Waals surface area contributed by atoms with Gasteiger partial charge < -0.3 is 15.2 Å². The van der Waals surface area contributed by atoms with E-state index in [0.29, 0.717) is 5.92 Å². The van der Waals surface area contributed by atoms with E-state index in [1.807, 2.05) is 0 Å². The van der Waals surface area contributed by atoms with Gasteiger partial charge in [-0.3, -0.25) is 4.79 Å². The number of amides is 1. The largest absolute Gasteiger partial charge is 0.480 e. The molecule has 5 heteroatoms. The quantitative estimate of drug-likeness (QED) is 0.740. The molecule has 1 atom stereocenters. The number of ether oxygens (including phenoxy) is 1. The van der Waals surface area contributed by atoms with Gasteiger partial charge in [-0.2, -0.15) is 0 Å². The van der Waals surface area contributed by atoms with Crippen LogP contribution in [0.1, 0.15) is 46.0 Å². The van der Waals surface area contributed by atoms with E-state index >= 15 is 0 Å². The van der Waals surface area contributed by atoms with Gasteiger partial charge in [-0.25, -0.2) is 4.79 Å². The summed E-state index contributed by atoms with van der Waals surface area (Å²) in [7, 11) is 1.43. The maximum Gasteiger partial charge on any atom is 0.328 e. The first kappa shape index (κ1) is 16.0. The SMILES string of the molecule is COCC(NC(=O)C1(CC(C)C)CCCC1)C(=O)O. The van der Waals surface area contributed by atoms with Crippen molar-refractivity contribution < 1.29 is 19.4 Å². The first-order chi connectivity index (χ1) is 8.91. The van der Waals surface area contributed by atoms with Crippen molar-refractivity contribution in [2.24, 2.45) is 11.3 Å². The molecule has 1 aliphatic rings. The number of nitrogens with one attached hydrogen (secondary N) is 1. The summed E-state index contributed by atoms with van der Waals surface area (Å²) in [5.74, 6) is -0.745. The Balaban J connectivity index is 2.74. The van der Waals surface area contributed by atoms with Crippen LogP contribution in [0, 0.1) is 11.3 Å². The highest BCUT2D eigenvalue weighted by Gasteiger charge is 2.42. The van der Waals surface area contributed by atoms with Gasteiger partial charge in [0.1, 0.15) is 0 Å². The minimum atomic E-state index is -1.05. The molecule has 2 N–H and O–H groups in total. The van der Waals surface area contributed by atoms with Crippen LogP contribution in [0.4, 0.5) is 0 Å². The Kier molecular flexibility index (Phi) is 5.79. The van der Waals surface area contributed by atoms with Gasteiger partial charge in [-0.15, -0.1) is 0 Å². The zero-order chi connectivity index (χ0) is 14.5. The Labute approximate surface area is 114 Å². The van der Waals surface area contributed by atoms with Crippen LogP contribution in [-0.4, -0.2) is 36.7 Å². The number of carboxylic acid groups (broad SMARTS) is 1. The Morgan fingerprint density at radius 1 is 1.32 bits per heavy atom. The number of carbonyl (C=O) groups excluding carboxylic acids is 1. The highest BCUT2D eigenvalue weighted by atomic mass is 16.5. The third-order valence-electron chi connectivity index (χ3n) is 3.78. The second kappa shape index (κ2) is 6.89. The summed E-state index contributed by atoms with van der Waals surface area (Å²) >= 11 is 0. The van der Waals surface area contributed by atoms with Gasteiger partial charge in [0.15, 0.2) is 6.04 Å². The number of rotatable bonds is 7. The molecule has 1 fully saturated rings. The topological polar surface area (TPSA) is 75.6 Å². The van der Waals surface area contributed by atoms with Crippen molar-refractivity contribution >= 4 is 11.9 Å². The third kappa shape index (κ3) is 4.20. The van der Waals surface area contributed by atoms with Crippen molar-refractivity contribution in [3.05, 3.63) is 0 Å². The molecule has 19 heavy (non-hydrogen) atoms. The van der Waals surface area contributed by atoms with Gasteiger partial charge in [0, 0.05) is 12.5 Å². The van der Waals surface area contributed by atoms with Crippen molar-refractivity contribution in [3.63, 3.8) is 0 Å². The van der Waals surface area contributed by atoms with Crippen molar-refractivity contribution in [1.82, 2.24) is 5.32 Å². The molecule has 0 radical (unpaired) electrons. The predicted octanol–water partition coefficient (Wildman–Crippen LogP) is 1.81. The molecule has 1 amide bonds. The summed E-state index contributed by atoms with van der Waals surface area (Å²) < 4.78 is 4.85. The number of methoxy groups -OCH3 is 1. The molecule has 1 saturated carbocycles. The number of aliphatic carboxylic acids is 1. The molecular formula is C14H25NO4. The molecule has 5 nitrogen and oxygen atoms in total. The van der Waals surface area contributed by atoms with Crippen LogP contribution in [0.5, 0.6) is 0 Å². The summed E-state index contributed by atoms with van der Waals surface area (Å²) in [5, 5.41) is 11.7. The summed E-state index contributed by atoms with van der Waals surface area (Å²) in [6.45, 7) is 4.19. The van der Waals surface area contributed by atoms with E-state index in [-0.39, 0.29) is 17.9 Å². The minimum Gasteiger partial charge on any atom is -0.480 e. The Bertz CT molecular complexity index is 321. The Hall–Kier alpha value is -1.10. The summed E-state index contributed by atoms with van der Waals surface area (Å²) in [5.41, 5.74) is -0.379. The first-order valence-electron chi connectivity index (χ1n) is 6.94. The normalized spacial score (nSPS) is 19.4. The van der Waals surface area contributed by atoms with Crippen LogP contribution in [0.25, 0.3) is 0 Å². The summed E-state index contributed by atoms with van der Waals surface area (Å²) in [6, 6.07) is -0.956. The van der Waals surface area contributed by atoms with Crippen LogP contribution >= 0.6 is 0 Å². The van der Waals surface area contributed by atoms with Crippen LogP contribution in [0.2, 0.25) is 0 Å². The molecular weight excluding hydrogens is 246 g/mol. The van der Waals surface area contributed by atoms with Crippen LogP contribution in [-0.2, 0) is 14.3 Å². The van der Waals surface area contributed by atoms with E-state index in [2.05, 4.69) is 19.2 Å². The van der Waals surface area contributed by atoms with Crippen LogP contribution in [0.3, 0.4) is 0 Å². The standard InChI is InChI=1S/C14H25NO4/c1-10(2)8-14(6-4-5-7-14)13(18)15-11(9-19-3)12(16)17/h10-11H,4-9H2,1-3H3,(H,15,18)(H,16,17). The Morgan fingerprint density at radius 2 is 1.89 bits per heavy atom. The smallest absolute Gasteiger partial charge is 0.328 e. The van der Waals surface area contributed by atoms with E-state index in [1.54, 1.807) is 0 Å². The van der Waals surface area contributed by atoms with Crippen molar-refractivity contribution in [2.45, 2.75) is 52.0 Å². The molecule has 1 rings (SSSR count). The predicted molar refractivity (Wildman–Crippen MR) is 71.8 cm³/mol. The van der Waals surface area contributed by atoms with E-state index < -0.39 is 12.0 Å². The van der Waals surface area contributed by atoms with Gasteiger partial charge in [0.05, 0.1) is 6.61 Å². The fourth-order valence-corrected chi connectivity index (χ4v) is 3.01. The fourth-order valence-electron chi connectivity index (χ4n) is 3.01. The zero-order valence-electron chi connectivity index (χ0n) is 12.1. The van der Waals surface area contributed by atoms with Gasteiger partial charge >= 0.3 is 5.97 Å². The van der Waals surface area contributed by atoms with E-state index in [1.165, 1.54) is 7.11 Å². The zero-order valence-corrected chi connectivity index (χ0v) is 12.1. The maximum atomic E-state index is 12.5. The first-order valence-corrected chi connectivity index (χ1v) is 6.94. The van der Waals surface area contributed by atoms with Crippen molar-refractivity contribution in [1.29, 1.82) is 0 Å². The van der Waals surface area contributed by atoms with E-state index in [0.717, 1.165) is 32.1 Å². The lowest BCUT2D eigenvalue weighted by molar-refractivity contribution is -0.145. The summed E-state index contributed by atoms with van der Waals surface area (Å²) in [6.07, 6.45) is 4.62. The molecule has 0 aliphatic heterocycles. The van der Waals surface area contributed by atoms with E-state index in [9.17, 15) is 9.59 Å². The molecule has 0 aromatic carbocycles. The molecule has 0 bridgehead atoms. The highest BCUT2D eigenvalue weighted by molar-refractivity contribution is 5.87. The number of carboxylic acids is 1. The molecule has 0 aromatic rings. The molecule has 110 valence electrons. The number of hydrogen-bond donors (Lipinski definition) is 2. The van der Waals surface area contributed by atoms with Crippen LogP contribution < -0.4 is 5.32 Å². The highest BCUT2D eigenvalue weighted by Crippen LogP contribution is 2.43. The average Bonchev–Trinajstić information content (AvgIpc) is 2.77. The molecule has 0 aromatic heterocycles. The average molecular weight is 271 g/mol. The van der Waals surface area contributed by atoms with Crippen molar-refractivity contribution in [2.75, 3.05) is 13.7 Å². The molecule has 1 aliphatic carbocycles. The van der Waals surface area contributed by atoms with Gasteiger partial charge in [-0.05, 0) is 25.2 Å². The maximum absolute atomic E-state index is 12.5. The lowest BCUT2D eigenvalue weighted by atomic mass is 9.77. The molecule has 0 saturated heterocycles. The van der Waals surface area contributed by atoms with Crippen LogP contribution in [0.15, 0.2) is 0 Å².